The van der Waals surface area contributed by atoms with Gasteiger partial charge >= 0.3 is 0 Å². The van der Waals surface area contributed by atoms with E-state index in [1.807, 2.05) is 54.6 Å². The summed E-state index contributed by atoms with van der Waals surface area (Å²) >= 11 is 0. The van der Waals surface area contributed by atoms with Crippen LogP contribution in [0, 0.1) is 0 Å². The van der Waals surface area contributed by atoms with E-state index >= 15 is 0 Å². The van der Waals surface area contributed by atoms with Crippen molar-refractivity contribution in [2.45, 2.75) is 37.0 Å². The van der Waals surface area contributed by atoms with Gasteiger partial charge < -0.3 is 34.6 Å². The summed E-state index contributed by atoms with van der Waals surface area (Å²) in [6.45, 7) is -0.0121. The van der Waals surface area contributed by atoms with Crippen molar-refractivity contribution in [3.05, 3.63) is 101 Å². The van der Waals surface area contributed by atoms with Crippen molar-refractivity contribution in [2.75, 3.05) is 33.9 Å². The Labute approximate surface area is 255 Å². The average Bonchev–Trinajstić information content (AvgIpc) is 3.44. The molecule has 10 heteroatoms. The molecule has 230 valence electrons. The number of nitrogens with one attached hydrogen (secondary N) is 1. The molecule has 2 amide bonds. The van der Waals surface area contributed by atoms with Crippen LogP contribution in [-0.4, -0.2) is 85.4 Å². The maximum absolute atomic E-state index is 14.0. The zero-order valence-corrected chi connectivity index (χ0v) is 24.6. The fraction of sp³-hybridized carbons (Fsp3) is 0.324. The first-order valence-corrected chi connectivity index (χ1v) is 14.5. The van der Waals surface area contributed by atoms with Gasteiger partial charge in [-0.1, -0.05) is 42.5 Å². The number of carbonyl (C=O) groups is 3. The Morgan fingerprint density at radius 3 is 2.50 bits per heavy atom. The molecule has 3 aromatic carbocycles. The van der Waals surface area contributed by atoms with Crippen LogP contribution in [-0.2, 0) is 22.4 Å². The lowest BCUT2D eigenvalue weighted by molar-refractivity contribution is -0.136. The van der Waals surface area contributed by atoms with Gasteiger partial charge in [0.15, 0.2) is 11.5 Å². The number of hydrogen-bond acceptors (Lipinski definition) is 8. The molecule has 4 atom stereocenters. The zero-order valence-electron chi connectivity index (χ0n) is 24.6. The maximum atomic E-state index is 14.0. The van der Waals surface area contributed by atoms with Crippen LogP contribution in [0.15, 0.2) is 78.4 Å². The second kappa shape index (κ2) is 13.7. The summed E-state index contributed by atoms with van der Waals surface area (Å²) in [5.74, 6) is -0.132. The fourth-order valence-corrected chi connectivity index (χ4v) is 5.95. The third-order valence-corrected chi connectivity index (χ3v) is 8.06. The van der Waals surface area contributed by atoms with Crippen molar-refractivity contribution in [2.24, 2.45) is 0 Å². The Morgan fingerprint density at radius 1 is 1.02 bits per heavy atom. The van der Waals surface area contributed by atoms with Gasteiger partial charge in [0.1, 0.15) is 24.2 Å². The zero-order chi connectivity index (χ0) is 31.2. The number of benzene rings is 3. The molecule has 4 unspecified atom stereocenters. The van der Waals surface area contributed by atoms with E-state index in [0.717, 1.165) is 11.1 Å². The highest BCUT2D eigenvalue weighted by Crippen LogP contribution is 2.51. The third kappa shape index (κ3) is 6.31. The van der Waals surface area contributed by atoms with E-state index in [2.05, 4.69) is 5.32 Å². The second-order valence-electron chi connectivity index (χ2n) is 10.8. The molecule has 10 nitrogen and oxygen atoms in total. The number of methoxy groups -OCH3 is 2. The van der Waals surface area contributed by atoms with E-state index in [1.54, 1.807) is 24.2 Å². The lowest BCUT2D eigenvalue weighted by Crippen LogP contribution is -2.56. The predicted molar refractivity (Wildman–Crippen MR) is 162 cm³/mol. The number of carbonyl (C=O) groups excluding carboxylic acids is 3. The van der Waals surface area contributed by atoms with Gasteiger partial charge in [-0.05, 0) is 47.9 Å². The van der Waals surface area contributed by atoms with Crippen LogP contribution in [0.4, 0.5) is 0 Å². The molecule has 3 aromatic rings. The van der Waals surface area contributed by atoms with Crippen molar-refractivity contribution in [3.8, 4) is 17.2 Å². The van der Waals surface area contributed by atoms with E-state index in [-0.39, 0.29) is 37.6 Å². The molecule has 0 fully saturated rings. The van der Waals surface area contributed by atoms with E-state index in [1.165, 1.54) is 13.2 Å². The number of amides is 2. The summed E-state index contributed by atoms with van der Waals surface area (Å²) < 4.78 is 17.1. The summed E-state index contributed by atoms with van der Waals surface area (Å²) in [6, 6.07) is 19.1. The van der Waals surface area contributed by atoms with Crippen LogP contribution < -0.4 is 19.5 Å². The van der Waals surface area contributed by atoms with Gasteiger partial charge in [-0.2, -0.15) is 0 Å². The Morgan fingerprint density at radius 2 is 1.80 bits per heavy atom. The van der Waals surface area contributed by atoms with Gasteiger partial charge in [-0.15, -0.1) is 0 Å². The molecule has 0 aromatic heterocycles. The van der Waals surface area contributed by atoms with Crippen LogP contribution in [0.5, 0.6) is 17.2 Å². The van der Waals surface area contributed by atoms with Gasteiger partial charge in [0.25, 0.3) is 0 Å². The van der Waals surface area contributed by atoms with Crippen molar-refractivity contribution < 1.29 is 38.8 Å². The van der Waals surface area contributed by atoms with Gasteiger partial charge in [0.05, 0.1) is 39.2 Å². The first kappa shape index (κ1) is 30.8. The monoisotopic (exact) mass is 600 g/mol. The first-order chi connectivity index (χ1) is 21.4. The smallest absolute Gasteiger partial charge is 0.247 e. The highest BCUT2D eigenvalue weighted by atomic mass is 16.5. The van der Waals surface area contributed by atoms with Crippen molar-refractivity contribution in [1.82, 2.24) is 10.2 Å². The lowest BCUT2D eigenvalue weighted by atomic mass is 9.77. The highest BCUT2D eigenvalue weighted by molar-refractivity contribution is 5.96. The molecule has 0 bridgehead atoms. The number of rotatable bonds is 12. The van der Waals surface area contributed by atoms with E-state index in [4.69, 9.17) is 14.2 Å². The van der Waals surface area contributed by atoms with Crippen molar-refractivity contribution >= 4 is 18.1 Å². The molecule has 1 heterocycles. The van der Waals surface area contributed by atoms with Gasteiger partial charge in [0, 0.05) is 29.8 Å². The number of aliphatic hydroxyl groups excluding tert-OH is 2. The van der Waals surface area contributed by atoms with Crippen LogP contribution in [0.1, 0.15) is 33.0 Å². The van der Waals surface area contributed by atoms with Gasteiger partial charge in [-0.25, -0.2) is 0 Å². The minimum Gasteiger partial charge on any atom is -0.497 e. The molecule has 0 spiro atoms. The average molecular weight is 601 g/mol. The van der Waals surface area contributed by atoms with Crippen LogP contribution in [0.25, 0.3) is 0 Å². The minimum absolute atomic E-state index is 0.0126. The third-order valence-electron chi connectivity index (χ3n) is 8.06. The summed E-state index contributed by atoms with van der Waals surface area (Å²) in [5.41, 5.74) is 2.87. The summed E-state index contributed by atoms with van der Waals surface area (Å²) in [4.78, 5) is 40.9. The van der Waals surface area contributed by atoms with E-state index in [0.29, 0.717) is 41.1 Å². The molecule has 5 rings (SSSR count). The van der Waals surface area contributed by atoms with Crippen molar-refractivity contribution in [3.63, 3.8) is 0 Å². The summed E-state index contributed by atoms with van der Waals surface area (Å²) in [7, 11) is 3.03. The van der Waals surface area contributed by atoms with Crippen LogP contribution in [0.3, 0.4) is 0 Å². The number of aliphatic hydroxyl groups is 2. The quantitative estimate of drug-likeness (QED) is 0.270. The van der Waals surface area contributed by atoms with E-state index in [9.17, 15) is 24.6 Å². The van der Waals surface area contributed by atoms with E-state index < -0.39 is 30.1 Å². The molecule has 0 saturated carbocycles. The first-order valence-electron chi connectivity index (χ1n) is 14.5. The highest BCUT2D eigenvalue weighted by Gasteiger charge is 2.51. The molecular formula is C34H36N2O8. The molecular weight excluding hydrogens is 564 g/mol. The van der Waals surface area contributed by atoms with Crippen LogP contribution >= 0.6 is 0 Å². The largest absolute Gasteiger partial charge is 0.497 e. The standard InChI is InChI=1S/C34H36N2O8/c1-42-24-10-6-9-22(15-24)11-13-36(29(39)18-21-7-4-3-5-8-21)27-19-26(34(41)35-12-14-37)30-25-16-23(20-38)17-28(43-2)32(25)44-33(30)31(27)40/h3-10,15-17,19-20,27,30-31,33,37,40H,11-14,18H2,1-2H3,(H,35,41). The molecule has 1 aliphatic heterocycles. The van der Waals surface area contributed by atoms with Crippen molar-refractivity contribution in [1.29, 1.82) is 0 Å². The number of nitrogens with zero attached hydrogens (tertiary/aromatic N) is 1. The van der Waals surface area contributed by atoms with Gasteiger partial charge in [-0.3, -0.25) is 14.4 Å². The van der Waals surface area contributed by atoms with Gasteiger partial charge in [0.2, 0.25) is 11.8 Å². The minimum atomic E-state index is -1.23. The predicted octanol–water partition coefficient (Wildman–Crippen LogP) is 2.45. The SMILES string of the molecule is COc1cccc(CCN(C(=O)Cc2ccccc2)C2C=C(C(=O)NCCO)C3c4cc(C=O)cc(OC)c4OC3C2O)c1. The lowest BCUT2D eigenvalue weighted by Gasteiger charge is -2.41. The number of hydrogen-bond donors (Lipinski definition) is 3. The molecule has 1 aliphatic carbocycles. The Balaban J connectivity index is 1.56. The summed E-state index contributed by atoms with van der Waals surface area (Å²) in [5, 5.41) is 24.0. The Kier molecular flexibility index (Phi) is 9.62. The molecule has 44 heavy (non-hydrogen) atoms. The topological polar surface area (TPSA) is 135 Å². The molecule has 0 radical (unpaired) electrons. The maximum Gasteiger partial charge on any atom is 0.247 e. The number of aldehydes is 1. The number of ether oxygens (including phenoxy) is 3. The Bertz CT molecular complexity index is 1540. The molecule has 3 N–H and O–H groups in total. The Hall–Kier alpha value is -4.67. The number of fused-ring (bicyclic) bond motifs is 3. The van der Waals surface area contributed by atoms with Crippen LogP contribution in [0.2, 0.25) is 0 Å². The summed E-state index contributed by atoms with van der Waals surface area (Å²) in [6.07, 6.45) is 0.674. The second-order valence-corrected chi connectivity index (χ2v) is 10.8. The molecule has 0 saturated heterocycles. The normalized spacial score (nSPS) is 20.0. The fourth-order valence-electron chi connectivity index (χ4n) is 5.95. The molecule has 2 aliphatic rings.